The Bertz CT molecular complexity index is 758. The van der Waals surface area contributed by atoms with Gasteiger partial charge < -0.3 is 5.32 Å². The molecule has 2 heterocycles. The molecule has 0 spiro atoms. The van der Waals surface area contributed by atoms with Crippen molar-refractivity contribution in [3.63, 3.8) is 0 Å². The van der Waals surface area contributed by atoms with E-state index in [1.54, 1.807) is 16.7 Å². The highest BCUT2D eigenvalue weighted by Gasteiger charge is 2.13. The maximum Gasteiger partial charge on any atom is 0.275 e. The van der Waals surface area contributed by atoms with Crippen LogP contribution in [0.1, 0.15) is 10.5 Å². The highest BCUT2D eigenvalue weighted by Crippen LogP contribution is 2.18. The van der Waals surface area contributed by atoms with E-state index < -0.39 is 0 Å². The number of rotatable bonds is 3. The second-order valence-corrected chi connectivity index (χ2v) is 5.04. The minimum absolute atomic E-state index is 0.289. The number of hydrogen-bond donors (Lipinski definition) is 1. The molecule has 1 amide bonds. The van der Waals surface area contributed by atoms with Crippen LogP contribution in [0.2, 0.25) is 0 Å². The van der Waals surface area contributed by atoms with E-state index >= 15 is 0 Å². The van der Waals surface area contributed by atoms with Gasteiger partial charge in [-0.15, -0.1) is 10.2 Å². The van der Waals surface area contributed by atoms with E-state index in [2.05, 4.69) is 36.4 Å². The van der Waals surface area contributed by atoms with Crippen molar-refractivity contribution in [3.8, 4) is 5.82 Å². The molecule has 7 heteroatoms. The van der Waals surface area contributed by atoms with E-state index in [1.807, 2.05) is 30.3 Å². The van der Waals surface area contributed by atoms with Crippen molar-refractivity contribution in [2.24, 2.45) is 0 Å². The number of halogens is 1. The number of nitrogens with one attached hydrogen (secondary N) is 1. The Morgan fingerprint density at radius 1 is 1.05 bits per heavy atom. The van der Waals surface area contributed by atoms with Crippen molar-refractivity contribution in [2.75, 3.05) is 5.32 Å². The standard InChI is InChI=1S/C14H10BrN5O/c15-11-6-7-12(20-8-16-17-9-20)19-13(11)14(21)18-10-4-2-1-3-5-10/h1-9H,(H,18,21). The summed E-state index contributed by atoms with van der Waals surface area (Å²) in [6.45, 7) is 0. The molecule has 3 rings (SSSR count). The zero-order chi connectivity index (χ0) is 14.7. The zero-order valence-corrected chi connectivity index (χ0v) is 12.4. The second kappa shape index (κ2) is 5.84. The fourth-order valence-corrected chi connectivity index (χ4v) is 2.17. The monoisotopic (exact) mass is 343 g/mol. The van der Waals surface area contributed by atoms with E-state index in [0.717, 1.165) is 0 Å². The lowest BCUT2D eigenvalue weighted by Gasteiger charge is -2.08. The van der Waals surface area contributed by atoms with Crippen molar-refractivity contribution in [3.05, 3.63) is 65.3 Å². The third-order valence-electron chi connectivity index (χ3n) is 2.76. The molecule has 6 nitrogen and oxygen atoms in total. The van der Waals surface area contributed by atoms with E-state index in [1.165, 1.54) is 12.7 Å². The van der Waals surface area contributed by atoms with Crippen LogP contribution in [0.25, 0.3) is 5.82 Å². The summed E-state index contributed by atoms with van der Waals surface area (Å²) in [4.78, 5) is 16.6. The maximum absolute atomic E-state index is 12.3. The molecule has 0 saturated carbocycles. The Labute approximate surface area is 129 Å². The average molecular weight is 344 g/mol. The van der Waals surface area contributed by atoms with Gasteiger partial charge in [0, 0.05) is 10.2 Å². The Morgan fingerprint density at radius 2 is 1.76 bits per heavy atom. The van der Waals surface area contributed by atoms with Gasteiger partial charge >= 0.3 is 0 Å². The number of nitrogens with zero attached hydrogens (tertiary/aromatic N) is 4. The molecular weight excluding hydrogens is 334 g/mol. The maximum atomic E-state index is 12.3. The summed E-state index contributed by atoms with van der Waals surface area (Å²) in [5, 5.41) is 10.2. The van der Waals surface area contributed by atoms with Gasteiger partial charge in [-0.2, -0.15) is 0 Å². The highest BCUT2D eigenvalue weighted by molar-refractivity contribution is 9.10. The van der Waals surface area contributed by atoms with Crippen LogP contribution in [0.3, 0.4) is 0 Å². The molecule has 0 atom stereocenters. The lowest BCUT2D eigenvalue weighted by Crippen LogP contribution is -2.15. The SMILES string of the molecule is O=C(Nc1ccccc1)c1nc(-n2cnnc2)ccc1Br. The summed E-state index contributed by atoms with van der Waals surface area (Å²) in [6.07, 6.45) is 3.05. The van der Waals surface area contributed by atoms with Crippen molar-refractivity contribution in [2.45, 2.75) is 0 Å². The summed E-state index contributed by atoms with van der Waals surface area (Å²) in [5.74, 6) is 0.282. The summed E-state index contributed by atoms with van der Waals surface area (Å²) in [6, 6.07) is 12.8. The van der Waals surface area contributed by atoms with Crippen LogP contribution < -0.4 is 5.32 Å². The summed E-state index contributed by atoms with van der Waals surface area (Å²) in [5.41, 5.74) is 1.01. The van der Waals surface area contributed by atoms with Crippen LogP contribution in [-0.4, -0.2) is 25.7 Å². The molecule has 0 aliphatic carbocycles. The summed E-state index contributed by atoms with van der Waals surface area (Å²) >= 11 is 3.34. The molecule has 0 unspecified atom stereocenters. The average Bonchev–Trinajstić information content (AvgIpc) is 3.03. The van der Waals surface area contributed by atoms with Crippen LogP contribution in [0.15, 0.2) is 59.6 Å². The lowest BCUT2D eigenvalue weighted by atomic mass is 10.3. The quantitative estimate of drug-likeness (QED) is 0.793. The third-order valence-corrected chi connectivity index (χ3v) is 3.40. The molecule has 0 aliphatic heterocycles. The Balaban J connectivity index is 1.91. The highest BCUT2D eigenvalue weighted by atomic mass is 79.9. The van der Waals surface area contributed by atoms with Crippen LogP contribution in [-0.2, 0) is 0 Å². The van der Waals surface area contributed by atoms with Crippen LogP contribution in [0.5, 0.6) is 0 Å². The van der Waals surface area contributed by atoms with Crippen molar-refractivity contribution >= 4 is 27.5 Å². The first-order chi connectivity index (χ1) is 10.2. The van der Waals surface area contributed by atoms with E-state index in [0.29, 0.717) is 21.7 Å². The number of aromatic nitrogens is 4. The van der Waals surface area contributed by atoms with Gasteiger partial charge in [0.05, 0.1) is 0 Å². The molecular formula is C14H10BrN5O. The van der Waals surface area contributed by atoms with Gasteiger partial charge in [-0.25, -0.2) is 4.98 Å². The number of anilines is 1. The smallest absolute Gasteiger partial charge is 0.275 e. The largest absolute Gasteiger partial charge is 0.321 e. The van der Waals surface area contributed by atoms with Crippen LogP contribution in [0, 0.1) is 0 Å². The van der Waals surface area contributed by atoms with E-state index in [-0.39, 0.29) is 5.91 Å². The Hall–Kier alpha value is -2.54. The molecule has 1 aromatic carbocycles. The normalized spacial score (nSPS) is 10.3. The lowest BCUT2D eigenvalue weighted by molar-refractivity contribution is 0.102. The molecule has 104 valence electrons. The zero-order valence-electron chi connectivity index (χ0n) is 10.8. The van der Waals surface area contributed by atoms with Gasteiger partial charge in [0.15, 0.2) is 0 Å². The fourth-order valence-electron chi connectivity index (χ4n) is 1.77. The van der Waals surface area contributed by atoms with Crippen molar-refractivity contribution < 1.29 is 4.79 Å². The second-order valence-electron chi connectivity index (χ2n) is 4.19. The van der Waals surface area contributed by atoms with Crippen LogP contribution >= 0.6 is 15.9 Å². The van der Waals surface area contributed by atoms with E-state index in [4.69, 9.17) is 0 Å². The minimum Gasteiger partial charge on any atom is -0.321 e. The predicted molar refractivity (Wildman–Crippen MR) is 81.2 cm³/mol. The summed E-state index contributed by atoms with van der Waals surface area (Å²) < 4.78 is 2.25. The number of pyridine rings is 1. The third kappa shape index (κ3) is 2.97. The van der Waals surface area contributed by atoms with Gasteiger partial charge in [-0.3, -0.25) is 9.36 Å². The molecule has 2 aromatic heterocycles. The van der Waals surface area contributed by atoms with Crippen LogP contribution in [0.4, 0.5) is 5.69 Å². The van der Waals surface area contributed by atoms with Gasteiger partial charge in [0.25, 0.3) is 5.91 Å². The number of benzene rings is 1. The molecule has 0 aliphatic rings. The van der Waals surface area contributed by atoms with E-state index in [9.17, 15) is 4.79 Å². The molecule has 21 heavy (non-hydrogen) atoms. The predicted octanol–water partition coefficient (Wildman–Crippen LogP) is 2.68. The van der Waals surface area contributed by atoms with Gasteiger partial charge in [0.2, 0.25) is 0 Å². The molecule has 3 aromatic rings. The molecule has 0 fully saturated rings. The van der Waals surface area contributed by atoms with Crippen molar-refractivity contribution in [1.29, 1.82) is 0 Å². The Kier molecular flexibility index (Phi) is 3.74. The van der Waals surface area contributed by atoms with Gasteiger partial charge in [-0.1, -0.05) is 18.2 Å². The number of hydrogen-bond acceptors (Lipinski definition) is 4. The molecule has 0 saturated heterocycles. The summed E-state index contributed by atoms with van der Waals surface area (Å²) in [7, 11) is 0. The minimum atomic E-state index is -0.289. The van der Waals surface area contributed by atoms with Gasteiger partial charge in [-0.05, 0) is 40.2 Å². The van der Waals surface area contributed by atoms with Gasteiger partial charge in [0.1, 0.15) is 24.2 Å². The number of carbonyl (C=O) groups excluding carboxylic acids is 1. The topological polar surface area (TPSA) is 72.7 Å². The Morgan fingerprint density at radius 3 is 2.48 bits per heavy atom. The number of carbonyl (C=O) groups is 1. The molecule has 0 bridgehead atoms. The first kappa shape index (κ1) is 13.4. The number of para-hydroxylation sites is 1. The molecule has 0 radical (unpaired) electrons. The first-order valence-corrected chi connectivity index (χ1v) is 6.91. The molecule has 1 N–H and O–H groups in total. The fraction of sp³-hybridized carbons (Fsp3) is 0. The number of amides is 1. The van der Waals surface area contributed by atoms with Crippen molar-refractivity contribution in [1.82, 2.24) is 19.7 Å². The first-order valence-electron chi connectivity index (χ1n) is 6.12.